The van der Waals surface area contributed by atoms with E-state index in [4.69, 9.17) is 8.83 Å². The molecule has 34 heavy (non-hydrogen) atoms. The molecule has 0 fully saturated rings. The van der Waals surface area contributed by atoms with E-state index in [1.54, 1.807) is 66.7 Å². The van der Waals surface area contributed by atoms with Gasteiger partial charge in [0.05, 0.1) is 35.0 Å². The first-order chi connectivity index (χ1) is 16.4. The maximum Gasteiger partial charge on any atom is 0.322 e. The lowest BCUT2D eigenvalue weighted by Gasteiger charge is -2.13. The number of anilines is 2. The average molecular weight is 475 g/mol. The van der Waals surface area contributed by atoms with Gasteiger partial charge in [0.1, 0.15) is 0 Å². The second-order valence-corrected chi connectivity index (χ2v) is 9.08. The Hall–Kier alpha value is -4.51. The number of para-hydroxylation sites is 2. The van der Waals surface area contributed by atoms with Gasteiger partial charge in [-0.05, 0) is 30.3 Å². The molecule has 0 aliphatic heterocycles. The minimum absolute atomic E-state index is 0.0991. The van der Waals surface area contributed by atoms with Gasteiger partial charge in [-0.25, -0.2) is 13.4 Å². The van der Waals surface area contributed by atoms with Crippen molar-refractivity contribution in [2.45, 2.75) is 0 Å². The van der Waals surface area contributed by atoms with E-state index in [-0.39, 0.29) is 11.9 Å². The lowest BCUT2D eigenvalue weighted by molar-refractivity contribution is 0.102. The Morgan fingerprint density at radius 2 is 1.76 bits per heavy atom. The average Bonchev–Trinajstić information content (AvgIpc) is 3.50. The maximum absolute atomic E-state index is 13.2. The molecule has 0 saturated heterocycles. The molecular weight excluding hydrogens is 458 g/mol. The molecule has 170 valence electrons. The van der Waals surface area contributed by atoms with Gasteiger partial charge in [-0.1, -0.05) is 41.5 Å². The Morgan fingerprint density at radius 3 is 2.56 bits per heavy atom. The third-order valence-corrected chi connectivity index (χ3v) is 5.43. The minimum atomic E-state index is -3.53. The maximum atomic E-state index is 13.2. The molecule has 3 heterocycles. The predicted octanol–water partition coefficient (Wildman–Crippen LogP) is 4.17. The zero-order valence-electron chi connectivity index (χ0n) is 17.7. The SMILES string of the molecule is CS(=O)(=O)Nc1ccccc1-c1cc(C(=O)Nc2nnc(-c3ccco3)o2)c2ccccc2n1. The van der Waals surface area contributed by atoms with Crippen molar-refractivity contribution < 1.29 is 22.0 Å². The molecule has 0 aliphatic rings. The summed E-state index contributed by atoms with van der Waals surface area (Å²) < 4.78 is 36.9. The fraction of sp³-hybridized carbons (Fsp3) is 0.0435. The normalized spacial score (nSPS) is 11.4. The summed E-state index contributed by atoms with van der Waals surface area (Å²) in [6, 6.07) is 18.8. The number of benzene rings is 2. The minimum Gasteiger partial charge on any atom is -0.459 e. The fourth-order valence-corrected chi connectivity index (χ4v) is 4.01. The smallest absolute Gasteiger partial charge is 0.322 e. The lowest BCUT2D eigenvalue weighted by atomic mass is 10.0. The molecule has 0 spiro atoms. The number of pyridine rings is 1. The van der Waals surface area contributed by atoms with Gasteiger partial charge in [0.25, 0.3) is 11.8 Å². The van der Waals surface area contributed by atoms with E-state index >= 15 is 0 Å². The highest BCUT2D eigenvalue weighted by Gasteiger charge is 2.19. The van der Waals surface area contributed by atoms with Crippen LogP contribution in [0.1, 0.15) is 10.4 Å². The van der Waals surface area contributed by atoms with Gasteiger partial charge in [0.2, 0.25) is 10.0 Å². The van der Waals surface area contributed by atoms with Crippen LogP contribution in [-0.4, -0.2) is 35.8 Å². The third kappa shape index (κ3) is 4.36. The van der Waals surface area contributed by atoms with Crippen LogP contribution in [-0.2, 0) is 10.0 Å². The highest BCUT2D eigenvalue weighted by molar-refractivity contribution is 7.92. The van der Waals surface area contributed by atoms with E-state index in [1.165, 1.54) is 6.26 Å². The molecule has 3 aromatic heterocycles. The van der Waals surface area contributed by atoms with E-state index in [1.807, 2.05) is 0 Å². The van der Waals surface area contributed by atoms with E-state index in [0.717, 1.165) is 6.26 Å². The molecule has 0 radical (unpaired) electrons. The van der Waals surface area contributed by atoms with Crippen molar-refractivity contribution in [2.75, 3.05) is 16.3 Å². The number of amides is 1. The molecule has 11 heteroatoms. The number of nitrogens with zero attached hydrogens (tertiary/aromatic N) is 3. The molecule has 2 N–H and O–H groups in total. The number of rotatable bonds is 6. The Bertz CT molecular complexity index is 1610. The molecule has 1 amide bonds. The largest absolute Gasteiger partial charge is 0.459 e. The zero-order valence-corrected chi connectivity index (χ0v) is 18.5. The first-order valence-electron chi connectivity index (χ1n) is 10.0. The quantitative estimate of drug-likeness (QED) is 0.373. The Balaban J connectivity index is 1.55. The van der Waals surface area contributed by atoms with Crippen molar-refractivity contribution >= 4 is 38.5 Å². The number of sulfonamides is 1. The molecule has 0 unspecified atom stereocenters. The number of furan rings is 1. The molecule has 5 rings (SSSR count). The van der Waals surface area contributed by atoms with Gasteiger partial charge in [-0.2, -0.15) is 0 Å². The van der Waals surface area contributed by atoms with Crippen molar-refractivity contribution in [1.29, 1.82) is 0 Å². The van der Waals surface area contributed by atoms with Crippen LogP contribution in [0.4, 0.5) is 11.7 Å². The second kappa shape index (κ2) is 8.45. The van der Waals surface area contributed by atoms with E-state index < -0.39 is 15.9 Å². The molecule has 2 aromatic carbocycles. The number of hydrogen-bond acceptors (Lipinski definition) is 8. The molecule has 0 aliphatic carbocycles. The van der Waals surface area contributed by atoms with E-state index in [2.05, 4.69) is 25.2 Å². The van der Waals surface area contributed by atoms with Crippen LogP contribution in [0.2, 0.25) is 0 Å². The van der Waals surface area contributed by atoms with Crippen molar-refractivity contribution in [2.24, 2.45) is 0 Å². The van der Waals surface area contributed by atoms with Crippen molar-refractivity contribution in [3.05, 3.63) is 78.6 Å². The van der Waals surface area contributed by atoms with Gasteiger partial charge < -0.3 is 8.83 Å². The van der Waals surface area contributed by atoms with Crippen LogP contribution in [0.25, 0.3) is 33.8 Å². The zero-order chi connectivity index (χ0) is 23.7. The molecule has 10 nitrogen and oxygen atoms in total. The summed E-state index contributed by atoms with van der Waals surface area (Å²) in [5.74, 6) is 0.00373. The van der Waals surface area contributed by atoms with Gasteiger partial charge in [-0.15, -0.1) is 5.10 Å². The summed E-state index contributed by atoms with van der Waals surface area (Å²) in [6.45, 7) is 0. The Labute approximate surface area is 193 Å². The Morgan fingerprint density at radius 1 is 0.971 bits per heavy atom. The molecule has 0 saturated carbocycles. The summed E-state index contributed by atoms with van der Waals surface area (Å²) in [4.78, 5) is 17.9. The second-order valence-electron chi connectivity index (χ2n) is 7.34. The Kier molecular flexibility index (Phi) is 5.30. The molecule has 5 aromatic rings. The summed E-state index contributed by atoms with van der Waals surface area (Å²) in [5, 5.41) is 10.9. The number of aromatic nitrogens is 3. The summed E-state index contributed by atoms with van der Waals surface area (Å²) in [7, 11) is -3.53. The van der Waals surface area contributed by atoms with Crippen molar-refractivity contribution in [3.63, 3.8) is 0 Å². The topological polar surface area (TPSA) is 140 Å². The monoisotopic (exact) mass is 475 g/mol. The predicted molar refractivity (Wildman–Crippen MR) is 126 cm³/mol. The standard InChI is InChI=1S/C23H17N5O5S/c1-34(30,31)28-18-10-5-3-8-15(18)19-13-16(14-7-2-4-9-17(14)24-19)21(29)25-23-27-26-22(33-23)20-11-6-12-32-20/h2-13,28H,1H3,(H,25,27,29). The van der Waals surface area contributed by atoms with Crippen LogP contribution >= 0.6 is 0 Å². The fourth-order valence-electron chi connectivity index (χ4n) is 3.43. The van der Waals surface area contributed by atoms with Crippen molar-refractivity contribution in [1.82, 2.24) is 15.2 Å². The van der Waals surface area contributed by atoms with Crippen LogP contribution < -0.4 is 10.0 Å². The van der Waals surface area contributed by atoms with Gasteiger partial charge in [-0.3, -0.25) is 14.8 Å². The van der Waals surface area contributed by atoms with Gasteiger partial charge in [0, 0.05) is 10.9 Å². The summed E-state index contributed by atoms with van der Waals surface area (Å²) >= 11 is 0. The first-order valence-corrected chi connectivity index (χ1v) is 11.9. The summed E-state index contributed by atoms with van der Waals surface area (Å²) in [5.41, 5.74) is 2.13. The molecule has 0 bridgehead atoms. The summed E-state index contributed by atoms with van der Waals surface area (Å²) in [6.07, 6.45) is 2.54. The number of carbonyl (C=O) groups is 1. The highest BCUT2D eigenvalue weighted by atomic mass is 32.2. The number of hydrogen-bond donors (Lipinski definition) is 2. The number of fused-ring (bicyclic) bond motifs is 1. The van der Waals surface area contributed by atoms with Crippen molar-refractivity contribution in [3.8, 4) is 22.9 Å². The molecule has 0 atom stereocenters. The van der Waals surface area contributed by atoms with E-state index in [0.29, 0.717) is 39.2 Å². The van der Waals surface area contributed by atoms with Gasteiger partial charge in [0.15, 0.2) is 5.76 Å². The highest BCUT2D eigenvalue weighted by Crippen LogP contribution is 2.31. The van der Waals surface area contributed by atoms with Crippen LogP contribution in [0, 0.1) is 0 Å². The number of carbonyl (C=O) groups excluding carboxylic acids is 1. The number of nitrogens with one attached hydrogen (secondary N) is 2. The van der Waals surface area contributed by atoms with Crippen LogP contribution in [0.15, 0.2) is 81.8 Å². The van der Waals surface area contributed by atoms with E-state index in [9.17, 15) is 13.2 Å². The molecular formula is C23H17N5O5S. The van der Waals surface area contributed by atoms with Crippen LogP contribution in [0.5, 0.6) is 0 Å². The third-order valence-electron chi connectivity index (χ3n) is 4.84. The first kappa shape index (κ1) is 21.3. The van der Waals surface area contributed by atoms with Gasteiger partial charge >= 0.3 is 6.01 Å². The lowest BCUT2D eigenvalue weighted by Crippen LogP contribution is -2.14. The van der Waals surface area contributed by atoms with Crippen LogP contribution in [0.3, 0.4) is 0 Å².